The smallest absolute Gasteiger partial charge is 0.342 e. The van der Waals surface area contributed by atoms with E-state index in [0.717, 1.165) is 0 Å². The Morgan fingerprint density at radius 2 is 0.585 bits per heavy atom. The van der Waals surface area contributed by atoms with Crippen LogP contribution in [-0.4, -0.2) is 266 Å². The van der Waals surface area contributed by atoms with E-state index < -0.39 is 373 Å². The molecule has 640 valence electrons. The SMILES string of the molecule is O=C(O[C@@H]1O[C@@H]2COC(=O)c3cc(O)c(O)c(O)c3-c3c(cc(O)c(O)c3O)C(=O)O[C@H]2[C@H](OC(=O)c2cc(O)c(O)c(O)c2)[C@H]1OC(=O)c1cc(O)c(O)c(O)c1Oc1cc2c(c(O)c1O)-c1c(cc(O)c(O)c1O)C(=O)O[C@H]1[C@@H]3OC(=O)c4cc(O)c(O)c(O)c4-c4c(cc(O)c(O)c4O)C(=O)O[C@H]3C(O)O[C@@H]1COC2=O)c1cc(O)c(O)c(O)c1. The number of fused-ring (bicyclic) bond motifs is 13. The molecule has 9 aromatic rings. The van der Waals surface area contributed by atoms with Gasteiger partial charge in [0.1, 0.15) is 31.0 Å². The summed E-state index contributed by atoms with van der Waals surface area (Å²) >= 11 is 0. The van der Waals surface area contributed by atoms with Crippen LogP contribution in [0.1, 0.15) is 93.2 Å². The van der Waals surface area contributed by atoms with Gasteiger partial charge in [-0.25, -0.2) is 43.2 Å². The number of phenolic OH excluding ortho intramolecular Hbond substituents is 26. The highest BCUT2D eigenvalue weighted by Gasteiger charge is 2.58. The molecule has 1 unspecified atom stereocenters. The van der Waals surface area contributed by atoms with E-state index in [0.29, 0.717) is 42.5 Å². The summed E-state index contributed by atoms with van der Waals surface area (Å²) in [6.45, 7) is -3.03. The van der Waals surface area contributed by atoms with Gasteiger partial charge in [0.25, 0.3) is 0 Å². The predicted octanol–water partition coefficient (Wildman–Crippen LogP) is 2.73. The number of carbonyl (C=O) groups is 9. The Kier molecular flexibility index (Phi) is 20.1. The molecular formula is C75H52O48. The molecule has 2 saturated heterocycles. The normalized spacial score (nSPS) is 20.4. The average molecular weight is 1720 g/mol. The third kappa shape index (κ3) is 13.6. The molecule has 10 atom stereocenters. The van der Waals surface area contributed by atoms with Crippen molar-refractivity contribution < 1.29 is 238 Å². The number of aliphatic hydroxyl groups is 1. The molecule has 48 nitrogen and oxygen atoms in total. The lowest BCUT2D eigenvalue weighted by Gasteiger charge is -2.43. The summed E-state index contributed by atoms with van der Waals surface area (Å²) in [6, 6.07) is 3.38. The summed E-state index contributed by atoms with van der Waals surface area (Å²) in [6.07, 6.45) is -27.3. The Bertz CT molecular complexity index is 6140. The highest BCUT2D eigenvalue weighted by atomic mass is 16.8. The second-order valence-corrected chi connectivity index (χ2v) is 26.8. The predicted molar refractivity (Wildman–Crippen MR) is 379 cm³/mol. The molecule has 0 spiro atoms. The van der Waals surface area contributed by atoms with E-state index in [1.807, 2.05) is 0 Å². The lowest BCUT2D eigenvalue weighted by Crippen LogP contribution is -2.63. The number of aliphatic hydroxyl groups excluding tert-OH is 1. The molecule has 2 fully saturated rings. The van der Waals surface area contributed by atoms with Gasteiger partial charge in [-0.1, -0.05) is 0 Å². The Hall–Kier alpha value is -17.3. The lowest BCUT2D eigenvalue weighted by molar-refractivity contribution is -0.284. The van der Waals surface area contributed by atoms with Crippen LogP contribution in [0.15, 0.2) is 66.7 Å². The number of phenols is 26. The fourth-order valence-corrected chi connectivity index (χ4v) is 13.6. The molecule has 5 aliphatic heterocycles. The van der Waals surface area contributed by atoms with Gasteiger partial charge in [-0.15, -0.1) is 0 Å². The minimum absolute atomic E-state index is 0.0888. The maximum Gasteiger partial charge on any atom is 0.342 e. The van der Waals surface area contributed by atoms with E-state index in [4.69, 9.17) is 56.8 Å². The Labute approximate surface area is 675 Å². The van der Waals surface area contributed by atoms with Crippen molar-refractivity contribution in [3.63, 3.8) is 0 Å². The maximum absolute atomic E-state index is 15.5. The Morgan fingerprint density at radius 3 is 0.984 bits per heavy atom. The van der Waals surface area contributed by atoms with Crippen molar-refractivity contribution in [2.75, 3.05) is 13.2 Å². The second kappa shape index (κ2) is 30.0. The van der Waals surface area contributed by atoms with Crippen LogP contribution in [0.5, 0.6) is 161 Å². The quantitative estimate of drug-likeness (QED) is 0.0591. The second-order valence-electron chi connectivity index (χ2n) is 26.8. The summed E-state index contributed by atoms with van der Waals surface area (Å²) in [5.41, 5.74) is -18.9. The van der Waals surface area contributed by atoms with Crippen LogP contribution in [0.2, 0.25) is 0 Å². The van der Waals surface area contributed by atoms with Gasteiger partial charge in [0, 0.05) is 45.5 Å². The minimum Gasteiger partial charge on any atom is -0.504 e. The molecule has 0 saturated carbocycles. The molecule has 5 aliphatic rings. The van der Waals surface area contributed by atoms with Crippen molar-refractivity contribution in [3.8, 4) is 194 Å². The van der Waals surface area contributed by atoms with Crippen LogP contribution in [0.4, 0.5) is 0 Å². The average Bonchev–Trinajstić information content (AvgIpc) is 1.34. The summed E-state index contributed by atoms with van der Waals surface area (Å²) in [4.78, 5) is 133. The van der Waals surface area contributed by atoms with Crippen LogP contribution in [-0.2, 0) is 52.1 Å². The number of benzene rings is 9. The number of hydrogen-bond acceptors (Lipinski definition) is 48. The first-order chi connectivity index (χ1) is 57.9. The van der Waals surface area contributed by atoms with E-state index in [1.165, 1.54) is 0 Å². The first-order valence-electron chi connectivity index (χ1n) is 34.2. The van der Waals surface area contributed by atoms with Crippen molar-refractivity contribution in [1.29, 1.82) is 0 Å². The van der Waals surface area contributed by atoms with Crippen molar-refractivity contribution >= 4 is 53.7 Å². The lowest BCUT2D eigenvalue weighted by atomic mass is 9.91. The van der Waals surface area contributed by atoms with E-state index in [2.05, 4.69) is 0 Å². The third-order valence-electron chi connectivity index (χ3n) is 19.5. The molecule has 0 radical (unpaired) electrons. The van der Waals surface area contributed by atoms with Crippen LogP contribution in [0, 0.1) is 0 Å². The van der Waals surface area contributed by atoms with Crippen LogP contribution in [0.3, 0.4) is 0 Å². The maximum atomic E-state index is 15.5. The van der Waals surface area contributed by atoms with Crippen molar-refractivity contribution in [3.05, 3.63) is 117 Å². The first-order valence-corrected chi connectivity index (χ1v) is 34.2. The van der Waals surface area contributed by atoms with Gasteiger partial charge >= 0.3 is 53.7 Å². The molecule has 14 rings (SSSR count). The van der Waals surface area contributed by atoms with Crippen molar-refractivity contribution in [2.24, 2.45) is 0 Å². The minimum atomic E-state index is -3.09. The number of esters is 9. The Balaban J connectivity index is 0.890. The van der Waals surface area contributed by atoms with Crippen LogP contribution in [0.25, 0.3) is 33.4 Å². The van der Waals surface area contributed by atoms with Gasteiger partial charge in [0.05, 0.1) is 44.5 Å². The van der Waals surface area contributed by atoms with Gasteiger partial charge < -0.3 is 195 Å². The number of ether oxygens (including phenoxy) is 12. The molecule has 0 bridgehead atoms. The zero-order valence-corrected chi connectivity index (χ0v) is 60.2. The summed E-state index contributed by atoms with van der Waals surface area (Å²) in [5, 5.41) is 297. The number of hydrogen-bond donors (Lipinski definition) is 27. The molecule has 5 heterocycles. The topological polar surface area (TPSA) is 811 Å². The largest absolute Gasteiger partial charge is 0.504 e. The summed E-state index contributed by atoms with van der Waals surface area (Å²) < 4.78 is 67.9. The molecular weight excluding hydrogens is 1670 g/mol. The van der Waals surface area contributed by atoms with E-state index in [-0.39, 0.29) is 24.3 Å². The number of aromatic hydroxyl groups is 26. The van der Waals surface area contributed by atoms with Crippen LogP contribution < -0.4 is 4.74 Å². The number of carbonyl (C=O) groups excluding carboxylic acids is 9. The molecule has 9 aromatic carbocycles. The molecule has 0 aliphatic carbocycles. The standard InChI is InChI=1S/C75H52O48/c76-23-1-14(2-24(77)42(23)86)65(102)119-62-60-35(13-113-67(104)16-5-27(80)44(88)51(95)36(16)37-17(70(107)118-60)6-28(81)45(89)52(37)96)116-75(123-66(103)15-3-25(78)43(87)26(79)4-15)64(62)122-73(110)22-10-32(85)49(93)57(101)58(22)114-33-11-21-41(56(100)50(33)94)40-18(7-29(82)48(92)55(40)99)69(106)117-59-34(12-112-68(21)105)115-74(111)63-61(59)120-71(108)19-8-30(83)46(90)53(97)38(19)39-20(72(109)121-63)9-31(84)47(91)54(39)98/h1-11,34-35,59-64,74-101,111H,12-13H2/t34-,35-,59-,60-,61+,62+,63-,64-,74?,75+/m1/s1. The fourth-order valence-electron chi connectivity index (χ4n) is 13.6. The van der Waals surface area contributed by atoms with Crippen molar-refractivity contribution in [2.45, 2.75) is 61.4 Å². The monoisotopic (exact) mass is 1720 g/mol. The summed E-state index contributed by atoms with van der Waals surface area (Å²) in [7, 11) is 0. The number of cyclic esters (lactones) is 2. The number of rotatable bonds is 8. The van der Waals surface area contributed by atoms with Gasteiger partial charge in [-0.2, -0.15) is 0 Å². The van der Waals surface area contributed by atoms with Crippen molar-refractivity contribution in [1.82, 2.24) is 0 Å². The van der Waals surface area contributed by atoms with Gasteiger partial charge in [0.2, 0.25) is 58.4 Å². The molecule has 48 heteroatoms. The van der Waals surface area contributed by atoms with Crippen LogP contribution >= 0.6 is 0 Å². The zero-order chi connectivity index (χ0) is 89.5. The van der Waals surface area contributed by atoms with E-state index in [9.17, 15) is 162 Å². The zero-order valence-electron chi connectivity index (χ0n) is 60.2. The third-order valence-corrected chi connectivity index (χ3v) is 19.5. The van der Waals surface area contributed by atoms with Gasteiger partial charge in [-0.05, 0) is 54.6 Å². The molecule has 123 heavy (non-hydrogen) atoms. The first kappa shape index (κ1) is 82.2. The fraction of sp³-hybridized carbons (Fsp3) is 0.160. The van der Waals surface area contributed by atoms with E-state index >= 15 is 19.2 Å². The summed E-state index contributed by atoms with van der Waals surface area (Å²) in [5.74, 6) is -60.3. The molecule has 27 N–H and O–H groups in total. The van der Waals surface area contributed by atoms with E-state index in [1.54, 1.807) is 0 Å². The molecule has 0 aromatic heterocycles. The van der Waals surface area contributed by atoms with Gasteiger partial charge in [-0.3, -0.25) is 0 Å². The molecule has 0 amide bonds. The highest BCUT2D eigenvalue weighted by Crippen LogP contribution is 2.59. The van der Waals surface area contributed by atoms with Gasteiger partial charge in [0.15, 0.2) is 152 Å². The Morgan fingerprint density at radius 1 is 0.285 bits per heavy atom. The highest BCUT2D eigenvalue weighted by molar-refractivity contribution is 6.12.